The van der Waals surface area contributed by atoms with E-state index < -0.39 is 0 Å². The molecule has 0 saturated heterocycles. The Morgan fingerprint density at radius 1 is 0.586 bits per heavy atom. The van der Waals surface area contributed by atoms with E-state index in [2.05, 4.69) is 20.8 Å². The highest BCUT2D eigenvalue weighted by Crippen LogP contribution is 2.15. The molecule has 0 heterocycles. The summed E-state index contributed by atoms with van der Waals surface area (Å²) >= 11 is 0. The lowest BCUT2D eigenvalue weighted by molar-refractivity contribution is -0.143. The minimum Gasteiger partial charge on any atom is -0.466 e. The zero-order valence-corrected chi connectivity index (χ0v) is 20.5. The van der Waals surface area contributed by atoms with E-state index in [1.54, 1.807) is 0 Å². The summed E-state index contributed by atoms with van der Waals surface area (Å²) in [6.45, 7) is 7.46. The number of esters is 1. The van der Waals surface area contributed by atoms with Gasteiger partial charge in [0.25, 0.3) is 0 Å². The molecule has 0 aromatic carbocycles. The number of hydrogen-bond donors (Lipinski definition) is 0. The second-order valence-corrected chi connectivity index (χ2v) is 9.31. The largest absolute Gasteiger partial charge is 0.466 e. The summed E-state index contributed by atoms with van der Waals surface area (Å²) in [4.78, 5) is 11.8. The van der Waals surface area contributed by atoms with Crippen LogP contribution in [-0.2, 0) is 9.53 Å². The molecule has 0 amide bonds. The van der Waals surface area contributed by atoms with E-state index in [1.807, 2.05) is 0 Å². The van der Waals surface area contributed by atoms with Crippen molar-refractivity contribution in [3.8, 4) is 0 Å². The van der Waals surface area contributed by atoms with Crippen molar-refractivity contribution in [2.75, 3.05) is 6.61 Å². The van der Waals surface area contributed by atoms with Gasteiger partial charge in [-0.2, -0.15) is 0 Å². The van der Waals surface area contributed by atoms with Gasteiger partial charge in [-0.15, -0.1) is 0 Å². The Balaban J connectivity index is 3.19. The third-order valence-corrected chi connectivity index (χ3v) is 6.14. The summed E-state index contributed by atoms with van der Waals surface area (Å²) in [5.74, 6) is 0.783. The van der Waals surface area contributed by atoms with Gasteiger partial charge in [-0.1, -0.05) is 130 Å². The lowest BCUT2D eigenvalue weighted by atomic mass is 9.99. The van der Waals surface area contributed by atoms with Crippen molar-refractivity contribution in [3.63, 3.8) is 0 Å². The van der Waals surface area contributed by atoms with Gasteiger partial charge in [0, 0.05) is 6.42 Å². The van der Waals surface area contributed by atoms with E-state index in [-0.39, 0.29) is 5.97 Å². The van der Waals surface area contributed by atoms with Crippen LogP contribution in [0.25, 0.3) is 0 Å². The molecule has 0 aliphatic heterocycles. The molecule has 174 valence electrons. The zero-order valence-electron chi connectivity index (χ0n) is 20.5. The number of rotatable bonds is 23. The van der Waals surface area contributed by atoms with Crippen LogP contribution >= 0.6 is 0 Å². The van der Waals surface area contributed by atoms with Crippen molar-refractivity contribution in [1.82, 2.24) is 0 Å². The molecule has 2 nitrogen and oxygen atoms in total. The third kappa shape index (κ3) is 23.6. The van der Waals surface area contributed by atoms with Gasteiger partial charge in [0.2, 0.25) is 0 Å². The second kappa shape index (κ2) is 23.7. The van der Waals surface area contributed by atoms with Crippen LogP contribution in [0.3, 0.4) is 0 Å². The van der Waals surface area contributed by atoms with Crippen LogP contribution in [-0.4, -0.2) is 12.6 Å². The van der Waals surface area contributed by atoms with Gasteiger partial charge >= 0.3 is 5.97 Å². The lowest BCUT2D eigenvalue weighted by Crippen LogP contribution is -2.07. The van der Waals surface area contributed by atoms with Gasteiger partial charge < -0.3 is 4.74 Å². The Kier molecular flexibility index (Phi) is 23.3. The minimum absolute atomic E-state index is 0.0147. The fourth-order valence-electron chi connectivity index (χ4n) is 4.03. The summed E-state index contributed by atoms with van der Waals surface area (Å²) in [6.07, 6.45) is 27.1. The smallest absolute Gasteiger partial charge is 0.305 e. The fraction of sp³-hybridized carbons (Fsp3) is 0.963. The van der Waals surface area contributed by atoms with Crippen molar-refractivity contribution in [3.05, 3.63) is 0 Å². The van der Waals surface area contributed by atoms with Crippen LogP contribution in [0.1, 0.15) is 156 Å². The number of hydrogen-bond acceptors (Lipinski definition) is 2. The number of ether oxygens (including phenoxy) is 1. The van der Waals surface area contributed by atoms with Crippen molar-refractivity contribution in [2.24, 2.45) is 5.92 Å². The molecule has 0 aliphatic carbocycles. The minimum atomic E-state index is 0.0147. The molecule has 0 bridgehead atoms. The SMILES string of the molecule is CCCCCCCCCCCCCCCCCC(=O)OCCCC(C)CCCC. The van der Waals surface area contributed by atoms with Gasteiger partial charge in [0.15, 0.2) is 0 Å². The first-order valence-electron chi connectivity index (χ1n) is 13.4. The average Bonchev–Trinajstić information content (AvgIpc) is 2.72. The highest BCUT2D eigenvalue weighted by molar-refractivity contribution is 5.69. The van der Waals surface area contributed by atoms with Gasteiger partial charge in [-0.3, -0.25) is 4.79 Å². The van der Waals surface area contributed by atoms with E-state index in [0.29, 0.717) is 13.0 Å². The molecule has 29 heavy (non-hydrogen) atoms. The standard InChI is InChI=1S/C27H54O2/c1-4-6-8-9-10-11-12-13-14-15-16-17-18-19-20-24-27(28)29-25-21-23-26(3)22-7-5-2/h26H,4-25H2,1-3H3. The van der Waals surface area contributed by atoms with Crippen LogP contribution < -0.4 is 0 Å². The van der Waals surface area contributed by atoms with Crippen molar-refractivity contribution >= 4 is 5.97 Å². The fourth-order valence-corrected chi connectivity index (χ4v) is 4.03. The van der Waals surface area contributed by atoms with Gasteiger partial charge in [-0.05, 0) is 25.2 Å². The van der Waals surface area contributed by atoms with E-state index in [0.717, 1.165) is 18.8 Å². The van der Waals surface area contributed by atoms with Crippen molar-refractivity contribution in [2.45, 2.75) is 156 Å². The monoisotopic (exact) mass is 410 g/mol. The molecular weight excluding hydrogens is 356 g/mol. The van der Waals surface area contributed by atoms with Gasteiger partial charge in [-0.25, -0.2) is 0 Å². The quantitative estimate of drug-likeness (QED) is 0.124. The normalized spacial score (nSPS) is 12.2. The number of unbranched alkanes of at least 4 members (excludes halogenated alkanes) is 15. The first-order valence-corrected chi connectivity index (χ1v) is 13.4. The summed E-state index contributed by atoms with van der Waals surface area (Å²) in [5, 5.41) is 0. The van der Waals surface area contributed by atoms with E-state index >= 15 is 0 Å². The van der Waals surface area contributed by atoms with Crippen LogP contribution in [0.2, 0.25) is 0 Å². The molecule has 0 aliphatic rings. The maximum absolute atomic E-state index is 11.8. The number of carbonyl (C=O) groups is 1. The molecule has 2 heteroatoms. The molecule has 0 aromatic rings. The summed E-state index contributed by atoms with van der Waals surface area (Å²) in [6, 6.07) is 0. The topological polar surface area (TPSA) is 26.3 Å². The Labute approximate surface area is 184 Å². The Bertz CT molecular complexity index is 326. The second-order valence-electron chi connectivity index (χ2n) is 9.31. The molecule has 0 radical (unpaired) electrons. The van der Waals surface area contributed by atoms with Crippen molar-refractivity contribution in [1.29, 1.82) is 0 Å². The molecular formula is C27H54O2. The molecule has 0 N–H and O–H groups in total. The van der Waals surface area contributed by atoms with E-state index in [4.69, 9.17) is 4.74 Å². The summed E-state index contributed by atoms with van der Waals surface area (Å²) in [5.41, 5.74) is 0. The Hall–Kier alpha value is -0.530. The molecule has 0 rings (SSSR count). The maximum Gasteiger partial charge on any atom is 0.305 e. The average molecular weight is 411 g/mol. The molecule has 1 unspecified atom stereocenters. The number of carbonyl (C=O) groups excluding carboxylic acids is 1. The molecule has 1 atom stereocenters. The highest BCUT2D eigenvalue weighted by Gasteiger charge is 2.05. The Morgan fingerprint density at radius 2 is 1.00 bits per heavy atom. The highest BCUT2D eigenvalue weighted by atomic mass is 16.5. The van der Waals surface area contributed by atoms with Crippen LogP contribution in [0, 0.1) is 5.92 Å². The van der Waals surface area contributed by atoms with Crippen LogP contribution in [0.15, 0.2) is 0 Å². The van der Waals surface area contributed by atoms with Crippen LogP contribution in [0.4, 0.5) is 0 Å². The zero-order chi connectivity index (χ0) is 21.4. The molecule has 0 fully saturated rings. The first kappa shape index (κ1) is 28.5. The van der Waals surface area contributed by atoms with Crippen molar-refractivity contribution < 1.29 is 9.53 Å². The predicted octanol–water partition coefficient (Wildman–Crippen LogP) is 9.40. The molecule has 0 saturated carbocycles. The summed E-state index contributed by atoms with van der Waals surface area (Å²) < 4.78 is 5.38. The van der Waals surface area contributed by atoms with E-state index in [9.17, 15) is 4.79 Å². The molecule has 0 aromatic heterocycles. The Morgan fingerprint density at radius 3 is 1.48 bits per heavy atom. The predicted molar refractivity (Wildman–Crippen MR) is 128 cm³/mol. The van der Waals surface area contributed by atoms with Gasteiger partial charge in [0.1, 0.15) is 0 Å². The molecule has 0 spiro atoms. The van der Waals surface area contributed by atoms with Crippen LogP contribution in [0.5, 0.6) is 0 Å². The maximum atomic E-state index is 11.8. The first-order chi connectivity index (χ1) is 14.2. The van der Waals surface area contributed by atoms with Gasteiger partial charge in [0.05, 0.1) is 6.61 Å². The lowest BCUT2D eigenvalue weighted by Gasteiger charge is -2.10. The summed E-state index contributed by atoms with van der Waals surface area (Å²) in [7, 11) is 0. The third-order valence-electron chi connectivity index (χ3n) is 6.14. The van der Waals surface area contributed by atoms with E-state index in [1.165, 1.54) is 116 Å².